The fraction of sp³-hybridized carbons (Fsp3) is 0.188. The number of hydrogen-bond donors (Lipinski definition) is 2. The molecule has 2 N–H and O–H groups in total. The van der Waals surface area contributed by atoms with E-state index in [0.29, 0.717) is 6.42 Å². The smallest absolute Gasteiger partial charge is 0.228 e. The van der Waals surface area contributed by atoms with Crippen molar-refractivity contribution in [3.63, 3.8) is 0 Å². The number of anilines is 1. The highest BCUT2D eigenvalue weighted by atomic mass is 16.3. The van der Waals surface area contributed by atoms with E-state index in [9.17, 15) is 9.90 Å². The number of aryl methyl sites for hydroxylation is 1. The van der Waals surface area contributed by atoms with Crippen LogP contribution in [0, 0.1) is 0 Å². The highest BCUT2D eigenvalue weighted by Gasteiger charge is 2.04. The Morgan fingerprint density at radius 1 is 1.11 bits per heavy atom. The highest BCUT2D eigenvalue weighted by molar-refractivity contribution is 5.92. The molecular weight excluding hydrogens is 238 g/mol. The second-order valence-corrected chi connectivity index (χ2v) is 4.45. The van der Waals surface area contributed by atoms with Crippen LogP contribution in [0.2, 0.25) is 0 Å². The van der Waals surface area contributed by atoms with Crippen LogP contribution in [-0.2, 0) is 17.6 Å². The summed E-state index contributed by atoms with van der Waals surface area (Å²) in [6.07, 6.45) is 1.25. The average molecular weight is 255 g/mol. The Hall–Kier alpha value is -2.29. The second-order valence-electron chi connectivity index (χ2n) is 4.45. The standard InChI is InChI=1S/C16H17NO2/c1-2-12-4-3-5-14(10-12)17-16(19)11-13-6-8-15(18)9-7-13/h3-10,18H,2,11H2,1H3,(H,17,19). The Kier molecular flexibility index (Phi) is 4.18. The molecule has 0 fully saturated rings. The summed E-state index contributed by atoms with van der Waals surface area (Å²) in [5.74, 6) is 0.152. The van der Waals surface area contributed by atoms with Crippen LogP contribution in [0.15, 0.2) is 48.5 Å². The molecule has 2 aromatic carbocycles. The zero-order valence-corrected chi connectivity index (χ0v) is 10.9. The minimum absolute atomic E-state index is 0.0565. The summed E-state index contributed by atoms with van der Waals surface area (Å²) in [6.45, 7) is 2.08. The molecular formula is C16H17NO2. The second kappa shape index (κ2) is 6.05. The third kappa shape index (κ3) is 3.85. The van der Waals surface area contributed by atoms with Crippen LogP contribution >= 0.6 is 0 Å². The summed E-state index contributed by atoms with van der Waals surface area (Å²) in [4.78, 5) is 11.9. The van der Waals surface area contributed by atoms with Crippen LogP contribution in [0.4, 0.5) is 5.69 Å². The molecule has 3 nitrogen and oxygen atoms in total. The van der Waals surface area contributed by atoms with Gasteiger partial charge in [0.05, 0.1) is 6.42 Å². The first kappa shape index (κ1) is 13.1. The molecule has 0 saturated carbocycles. The predicted octanol–water partition coefficient (Wildman–Crippen LogP) is 3.14. The first-order chi connectivity index (χ1) is 9.17. The van der Waals surface area contributed by atoms with E-state index in [0.717, 1.165) is 17.7 Å². The highest BCUT2D eigenvalue weighted by Crippen LogP contribution is 2.13. The number of carbonyl (C=O) groups is 1. The van der Waals surface area contributed by atoms with E-state index >= 15 is 0 Å². The van der Waals surface area contributed by atoms with E-state index in [2.05, 4.69) is 12.2 Å². The zero-order valence-electron chi connectivity index (χ0n) is 10.9. The molecule has 0 aromatic heterocycles. The lowest BCUT2D eigenvalue weighted by Gasteiger charge is -2.07. The van der Waals surface area contributed by atoms with E-state index in [4.69, 9.17) is 0 Å². The SMILES string of the molecule is CCc1cccc(NC(=O)Cc2ccc(O)cc2)c1. The molecule has 0 aliphatic heterocycles. The van der Waals surface area contributed by atoms with Crippen molar-refractivity contribution in [2.75, 3.05) is 5.32 Å². The number of nitrogens with one attached hydrogen (secondary N) is 1. The van der Waals surface area contributed by atoms with Crippen molar-refractivity contribution in [3.8, 4) is 5.75 Å². The third-order valence-electron chi connectivity index (χ3n) is 2.92. The normalized spacial score (nSPS) is 10.2. The molecule has 0 aliphatic rings. The fourth-order valence-electron chi connectivity index (χ4n) is 1.87. The number of benzene rings is 2. The maximum atomic E-state index is 11.9. The molecule has 98 valence electrons. The summed E-state index contributed by atoms with van der Waals surface area (Å²) in [7, 11) is 0. The van der Waals surface area contributed by atoms with Crippen molar-refractivity contribution in [1.82, 2.24) is 0 Å². The molecule has 1 amide bonds. The lowest BCUT2D eigenvalue weighted by atomic mass is 10.1. The van der Waals surface area contributed by atoms with E-state index in [1.807, 2.05) is 24.3 Å². The molecule has 2 rings (SSSR count). The van der Waals surface area contributed by atoms with Crippen molar-refractivity contribution >= 4 is 11.6 Å². The van der Waals surface area contributed by atoms with Crippen molar-refractivity contribution in [3.05, 3.63) is 59.7 Å². The number of hydrogen-bond acceptors (Lipinski definition) is 2. The average Bonchev–Trinajstić information content (AvgIpc) is 2.41. The van der Waals surface area contributed by atoms with E-state index in [1.54, 1.807) is 24.3 Å². The largest absolute Gasteiger partial charge is 0.508 e. The topological polar surface area (TPSA) is 49.3 Å². The van der Waals surface area contributed by atoms with Gasteiger partial charge < -0.3 is 10.4 Å². The molecule has 2 aromatic rings. The maximum absolute atomic E-state index is 11.9. The number of carbonyl (C=O) groups excluding carboxylic acids is 1. The van der Waals surface area contributed by atoms with Gasteiger partial charge in [0.2, 0.25) is 5.91 Å². The van der Waals surface area contributed by atoms with Gasteiger partial charge in [-0.3, -0.25) is 4.79 Å². The van der Waals surface area contributed by atoms with Gasteiger partial charge in [-0.1, -0.05) is 31.2 Å². The zero-order chi connectivity index (χ0) is 13.7. The molecule has 19 heavy (non-hydrogen) atoms. The maximum Gasteiger partial charge on any atom is 0.228 e. The Labute approximate surface area is 112 Å². The van der Waals surface area contributed by atoms with Crippen LogP contribution in [0.25, 0.3) is 0 Å². The number of phenols is 1. The van der Waals surface area contributed by atoms with Gasteiger partial charge in [0.1, 0.15) is 5.75 Å². The summed E-state index contributed by atoms with van der Waals surface area (Å²) in [5.41, 5.74) is 2.90. The van der Waals surface area contributed by atoms with Gasteiger partial charge in [-0.2, -0.15) is 0 Å². The van der Waals surface area contributed by atoms with Gasteiger partial charge in [0, 0.05) is 5.69 Å². The monoisotopic (exact) mass is 255 g/mol. The Morgan fingerprint density at radius 2 is 1.84 bits per heavy atom. The van der Waals surface area contributed by atoms with Crippen molar-refractivity contribution in [2.24, 2.45) is 0 Å². The molecule has 0 aliphatic carbocycles. The molecule has 0 unspecified atom stereocenters. The number of aromatic hydroxyl groups is 1. The Balaban J connectivity index is 1.99. The predicted molar refractivity (Wildman–Crippen MR) is 76.3 cm³/mol. The number of phenolic OH excluding ortho intramolecular Hbond substituents is 1. The lowest BCUT2D eigenvalue weighted by Crippen LogP contribution is -2.14. The first-order valence-corrected chi connectivity index (χ1v) is 6.34. The van der Waals surface area contributed by atoms with Crippen LogP contribution < -0.4 is 5.32 Å². The summed E-state index contributed by atoms with van der Waals surface area (Å²) in [5, 5.41) is 12.1. The van der Waals surface area contributed by atoms with Crippen LogP contribution in [0.3, 0.4) is 0 Å². The Morgan fingerprint density at radius 3 is 2.53 bits per heavy atom. The quantitative estimate of drug-likeness (QED) is 0.881. The summed E-state index contributed by atoms with van der Waals surface area (Å²) >= 11 is 0. The van der Waals surface area contributed by atoms with E-state index in [1.165, 1.54) is 5.56 Å². The molecule has 0 spiro atoms. The summed E-state index contributed by atoms with van der Waals surface area (Å²) < 4.78 is 0. The van der Waals surface area contributed by atoms with Gasteiger partial charge in [0.25, 0.3) is 0 Å². The first-order valence-electron chi connectivity index (χ1n) is 6.34. The molecule has 0 radical (unpaired) electrons. The molecule has 3 heteroatoms. The molecule has 0 saturated heterocycles. The van der Waals surface area contributed by atoms with E-state index < -0.39 is 0 Å². The van der Waals surface area contributed by atoms with Gasteiger partial charge in [0.15, 0.2) is 0 Å². The molecule has 0 atom stereocenters. The summed E-state index contributed by atoms with van der Waals surface area (Å²) in [6, 6.07) is 14.5. The third-order valence-corrected chi connectivity index (χ3v) is 2.92. The van der Waals surface area contributed by atoms with Crippen molar-refractivity contribution in [1.29, 1.82) is 0 Å². The van der Waals surface area contributed by atoms with Gasteiger partial charge in [-0.05, 0) is 41.8 Å². The minimum Gasteiger partial charge on any atom is -0.508 e. The fourth-order valence-corrected chi connectivity index (χ4v) is 1.87. The van der Waals surface area contributed by atoms with E-state index in [-0.39, 0.29) is 11.7 Å². The van der Waals surface area contributed by atoms with Crippen LogP contribution in [0.1, 0.15) is 18.1 Å². The lowest BCUT2D eigenvalue weighted by molar-refractivity contribution is -0.115. The molecule has 0 bridgehead atoms. The number of rotatable bonds is 4. The Bertz CT molecular complexity index is 561. The van der Waals surface area contributed by atoms with Gasteiger partial charge in [-0.15, -0.1) is 0 Å². The number of amides is 1. The molecule has 0 heterocycles. The van der Waals surface area contributed by atoms with Crippen LogP contribution in [-0.4, -0.2) is 11.0 Å². The van der Waals surface area contributed by atoms with Crippen LogP contribution in [0.5, 0.6) is 5.75 Å². The van der Waals surface area contributed by atoms with Gasteiger partial charge >= 0.3 is 0 Å². The van der Waals surface area contributed by atoms with Gasteiger partial charge in [-0.25, -0.2) is 0 Å². The van der Waals surface area contributed by atoms with Crippen molar-refractivity contribution < 1.29 is 9.90 Å². The van der Waals surface area contributed by atoms with Crippen molar-refractivity contribution in [2.45, 2.75) is 19.8 Å². The minimum atomic E-state index is -0.0565.